The molecule has 1 aliphatic rings. The van der Waals surface area contributed by atoms with E-state index in [4.69, 9.17) is 4.74 Å². The lowest BCUT2D eigenvalue weighted by Crippen LogP contribution is -2.35. The second-order valence-electron chi connectivity index (χ2n) is 5.95. The highest BCUT2D eigenvalue weighted by Gasteiger charge is 2.34. The fraction of sp³-hybridized carbons (Fsp3) is 0.562. The molecule has 0 bridgehead atoms. The fourth-order valence-electron chi connectivity index (χ4n) is 2.80. The quantitative estimate of drug-likeness (QED) is 0.803. The molecule has 0 saturated carbocycles. The first-order chi connectivity index (χ1) is 11.3. The Hall–Kier alpha value is -1.83. The molecule has 0 radical (unpaired) electrons. The molecule has 1 aromatic rings. The highest BCUT2D eigenvalue weighted by atomic mass is 19.4. The first-order valence-corrected chi connectivity index (χ1v) is 7.65. The topological polar surface area (TPSA) is 41.6 Å². The summed E-state index contributed by atoms with van der Waals surface area (Å²) >= 11 is 0. The van der Waals surface area contributed by atoms with Crippen molar-refractivity contribution in [2.75, 3.05) is 33.3 Å². The predicted octanol–water partition coefficient (Wildman–Crippen LogP) is 2.38. The molecule has 24 heavy (non-hydrogen) atoms. The van der Waals surface area contributed by atoms with Crippen LogP contribution in [0.15, 0.2) is 18.2 Å². The Morgan fingerprint density at radius 1 is 1.42 bits per heavy atom. The number of likely N-dealkylation sites (tertiary alicyclic amines) is 1. The Morgan fingerprint density at radius 2 is 2.17 bits per heavy atom. The van der Waals surface area contributed by atoms with E-state index < -0.39 is 18.5 Å². The van der Waals surface area contributed by atoms with Crippen molar-refractivity contribution in [1.29, 1.82) is 0 Å². The number of carbonyl (C=O) groups is 1. The summed E-state index contributed by atoms with van der Waals surface area (Å²) in [5, 5.41) is 2.70. The number of nitrogens with zero attached hydrogens (tertiary/aromatic N) is 1. The van der Waals surface area contributed by atoms with Gasteiger partial charge in [-0.05, 0) is 36.6 Å². The third-order valence-electron chi connectivity index (χ3n) is 3.94. The predicted molar refractivity (Wildman–Crippen MR) is 80.3 cm³/mol. The molecular weight excluding hydrogens is 328 g/mol. The summed E-state index contributed by atoms with van der Waals surface area (Å²) in [4.78, 5) is 13.2. The smallest absolute Gasteiger partial charge is 0.401 e. The SMILES string of the molecule is COc1ccc(CC(=O)NCC2CCN(CC(F)(F)F)C2)cc1F. The van der Waals surface area contributed by atoms with E-state index in [-0.39, 0.29) is 24.0 Å². The van der Waals surface area contributed by atoms with Crippen molar-refractivity contribution in [3.63, 3.8) is 0 Å². The molecule has 0 spiro atoms. The summed E-state index contributed by atoms with van der Waals surface area (Å²) in [6, 6.07) is 4.28. The largest absolute Gasteiger partial charge is 0.494 e. The minimum absolute atomic E-state index is 0.00361. The highest BCUT2D eigenvalue weighted by molar-refractivity contribution is 5.78. The number of rotatable bonds is 6. The molecule has 1 aliphatic heterocycles. The van der Waals surface area contributed by atoms with Crippen LogP contribution in [0.25, 0.3) is 0 Å². The van der Waals surface area contributed by atoms with Crippen LogP contribution in [0, 0.1) is 11.7 Å². The molecule has 0 aliphatic carbocycles. The van der Waals surface area contributed by atoms with Gasteiger partial charge in [0.2, 0.25) is 5.91 Å². The number of benzene rings is 1. The number of hydrogen-bond acceptors (Lipinski definition) is 3. The Morgan fingerprint density at radius 3 is 2.79 bits per heavy atom. The average molecular weight is 348 g/mol. The number of hydrogen-bond donors (Lipinski definition) is 1. The third-order valence-corrected chi connectivity index (χ3v) is 3.94. The van der Waals surface area contributed by atoms with E-state index in [1.807, 2.05) is 0 Å². The molecule has 134 valence electrons. The van der Waals surface area contributed by atoms with Gasteiger partial charge in [-0.25, -0.2) is 4.39 Å². The maximum absolute atomic E-state index is 13.6. The Bertz CT molecular complexity index is 578. The lowest BCUT2D eigenvalue weighted by atomic mass is 10.1. The van der Waals surface area contributed by atoms with Crippen LogP contribution in [0.5, 0.6) is 5.75 Å². The summed E-state index contributed by atoms with van der Waals surface area (Å²) in [5.41, 5.74) is 0.510. The third kappa shape index (κ3) is 5.67. The van der Waals surface area contributed by atoms with Crippen LogP contribution in [0.4, 0.5) is 17.6 Å². The number of amides is 1. The van der Waals surface area contributed by atoms with E-state index in [0.717, 1.165) is 0 Å². The molecule has 2 rings (SSSR count). The molecule has 1 aromatic carbocycles. The summed E-state index contributed by atoms with van der Waals surface area (Å²) < 4.78 is 55.3. The van der Waals surface area contributed by atoms with Crippen LogP contribution < -0.4 is 10.1 Å². The number of ether oxygens (including phenoxy) is 1. The van der Waals surface area contributed by atoms with Gasteiger partial charge in [-0.3, -0.25) is 9.69 Å². The summed E-state index contributed by atoms with van der Waals surface area (Å²) in [5.74, 6) is -0.714. The Labute approximate surface area is 137 Å². The van der Waals surface area contributed by atoms with Crippen LogP contribution in [-0.2, 0) is 11.2 Å². The zero-order valence-electron chi connectivity index (χ0n) is 13.3. The van der Waals surface area contributed by atoms with Crippen molar-refractivity contribution in [2.45, 2.75) is 19.0 Å². The van der Waals surface area contributed by atoms with Gasteiger partial charge in [0, 0.05) is 13.1 Å². The van der Waals surface area contributed by atoms with E-state index in [1.165, 1.54) is 24.1 Å². The van der Waals surface area contributed by atoms with E-state index >= 15 is 0 Å². The lowest BCUT2D eigenvalue weighted by Gasteiger charge is -2.18. The second kappa shape index (κ2) is 7.83. The minimum Gasteiger partial charge on any atom is -0.494 e. The number of carbonyl (C=O) groups excluding carboxylic acids is 1. The van der Waals surface area contributed by atoms with Crippen molar-refractivity contribution < 1.29 is 27.1 Å². The van der Waals surface area contributed by atoms with Crippen LogP contribution in [-0.4, -0.2) is 50.3 Å². The van der Waals surface area contributed by atoms with E-state index in [9.17, 15) is 22.4 Å². The number of alkyl halides is 3. The van der Waals surface area contributed by atoms with E-state index in [2.05, 4.69) is 5.32 Å². The fourth-order valence-corrected chi connectivity index (χ4v) is 2.80. The monoisotopic (exact) mass is 348 g/mol. The van der Waals surface area contributed by atoms with Gasteiger partial charge in [-0.1, -0.05) is 6.07 Å². The van der Waals surface area contributed by atoms with Gasteiger partial charge in [-0.2, -0.15) is 13.2 Å². The molecule has 1 atom stereocenters. The molecule has 1 saturated heterocycles. The van der Waals surface area contributed by atoms with Crippen LogP contribution >= 0.6 is 0 Å². The van der Waals surface area contributed by atoms with Gasteiger partial charge < -0.3 is 10.1 Å². The van der Waals surface area contributed by atoms with Gasteiger partial charge in [0.25, 0.3) is 0 Å². The maximum Gasteiger partial charge on any atom is 0.401 e. The summed E-state index contributed by atoms with van der Waals surface area (Å²) in [6.45, 7) is 0.106. The van der Waals surface area contributed by atoms with Gasteiger partial charge >= 0.3 is 6.18 Å². The second-order valence-corrected chi connectivity index (χ2v) is 5.95. The Kier molecular flexibility index (Phi) is 6.04. The van der Waals surface area contributed by atoms with Crippen molar-refractivity contribution in [2.24, 2.45) is 5.92 Å². The number of methoxy groups -OCH3 is 1. The van der Waals surface area contributed by atoms with Crippen LogP contribution in [0.1, 0.15) is 12.0 Å². The lowest BCUT2D eigenvalue weighted by molar-refractivity contribution is -0.143. The summed E-state index contributed by atoms with van der Waals surface area (Å²) in [7, 11) is 1.36. The summed E-state index contributed by atoms with van der Waals surface area (Å²) in [6.07, 6.45) is -3.57. The normalized spacial score (nSPS) is 18.6. The molecule has 1 unspecified atom stereocenters. The molecule has 1 fully saturated rings. The van der Waals surface area contributed by atoms with Gasteiger partial charge in [0.15, 0.2) is 11.6 Å². The van der Waals surface area contributed by atoms with Gasteiger partial charge in [-0.15, -0.1) is 0 Å². The van der Waals surface area contributed by atoms with Crippen molar-refractivity contribution >= 4 is 5.91 Å². The van der Waals surface area contributed by atoms with Crippen LogP contribution in [0.2, 0.25) is 0 Å². The van der Waals surface area contributed by atoms with Crippen molar-refractivity contribution in [3.05, 3.63) is 29.6 Å². The molecule has 1 amide bonds. The van der Waals surface area contributed by atoms with E-state index in [0.29, 0.717) is 31.6 Å². The Balaban J connectivity index is 1.75. The van der Waals surface area contributed by atoms with Crippen molar-refractivity contribution in [3.8, 4) is 5.75 Å². The number of nitrogens with one attached hydrogen (secondary N) is 1. The van der Waals surface area contributed by atoms with E-state index in [1.54, 1.807) is 6.07 Å². The van der Waals surface area contributed by atoms with Gasteiger partial charge in [0.05, 0.1) is 20.1 Å². The first-order valence-electron chi connectivity index (χ1n) is 7.65. The molecule has 4 nitrogen and oxygen atoms in total. The minimum atomic E-state index is -4.20. The molecule has 8 heteroatoms. The molecule has 0 aromatic heterocycles. The number of halogens is 4. The maximum atomic E-state index is 13.6. The first kappa shape index (κ1) is 18.5. The van der Waals surface area contributed by atoms with Crippen LogP contribution in [0.3, 0.4) is 0 Å². The standard InChI is InChI=1S/C16H20F4N2O2/c1-24-14-3-2-11(6-13(14)17)7-15(23)21-8-12-4-5-22(9-12)10-16(18,19)20/h2-3,6,12H,4-5,7-10H2,1H3,(H,21,23). The highest BCUT2D eigenvalue weighted by Crippen LogP contribution is 2.22. The average Bonchev–Trinajstić information content (AvgIpc) is 2.91. The van der Waals surface area contributed by atoms with Crippen molar-refractivity contribution in [1.82, 2.24) is 10.2 Å². The van der Waals surface area contributed by atoms with Gasteiger partial charge in [0.1, 0.15) is 0 Å². The zero-order valence-corrected chi connectivity index (χ0v) is 13.3. The zero-order chi connectivity index (χ0) is 17.7. The molecule has 1 N–H and O–H groups in total. The molecule has 1 heterocycles. The molecular formula is C16H20F4N2O2.